The van der Waals surface area contributed by atoms with Crippen LogP contribution in [0.1, 0.15) is 37.8 Å². The average Bonchev–Trinajstić information content (AvgIpc) is 3.14. The zero-order valence-electron chi connectivity index (χ0n) is 16.9. The smallest absolute Gasteiger partial charge is 0.248 e. The molecule has 0 aliphatic carbocycles. The molecule has 0 bridgehead atoms. The molecule has 1 saturated heterocycles. The van der Waals surface area contributed by atoms with Crippen molar-refractivity contribution in [2.24, 2.45) is 0 Å². The van der Waals surface area contributed by atoms with Crippen LogP contribution in [0.3, 0.4) is 0 Å². The SMILES string of the molecule is COC[C@H]1CCCN1S(=O)(=O)c1ccc2c(c1)CN(C(=O)COC(C)C)CC2. The van der Waals surface area contributed by atoms with Gasteiger partial charge in [-0.25, -0.2) is 8.42 Å². The molecule has 0 N–H and O–H groups in total. The van der Waals surface area contributed by atoms with E-state index >= 15 is 0 Å². The molecule has 1 amide bonds. The topological polar surface area (TPSA) is 76.2 Å². The lowest BCUT2D eigenvalue weighted by atomic mass is 10.00. The molecule has 8 heteroatoms. The van der Waals surface area contributed by atoms with Crippen molar-refractivity contribution in [3.05, 3.63) is 29.3 Å². The molecule has 2 aliphatic rings. The van der Waals surface area contributed by atoms with Crippen molar-refractivity contribution in [2.75, 3.05) is 33.4 Å². The predicted molar refractivity (Wildman–Crippen MR) is 105 cm³/mol. The van der Waals surface area contributed by atoms with E-state index in [0.717, 1.165) is 30.4 Å². The van der Waals surface area contributed by atoms with Crippen LogP contribution in [0.5, 0.6) is 0 Å². The van der Waals surface area contributed by atoms with Crippen LogP contribution in [0.2, 0.25) is 0 Å². The van der Waals surface area contributed by atoms with Crippen LogP contribution < -0.4 is 0 Å². The number of methoxy groups -OCH3 is 1. The molecule has 28 heavy (non-hydrogen) atoms. The zero-order chi connectivity index (χ0) is 20.3. The summed E-state index contributed by atoms with van der Waals surface area (Å²) >= 11 is 0. The van der Waals surface area contributed by atoms with Gasteiger partial charge < -0.3 is 14.4 Å². The maximum absolute atomic E-state index is 13.2. The average molecular weight is 411 g/mol. The Hall–Kier alpha value is -1.48. The Morgan fingerprint density at radius 1 is 1.25 bits per heavy atom. The molecule has 2 heterocycles. The van der Waals surface area contributed by atoms with Gasteiger partial charge in [-0.1, -0.05) is 6.07 Å². The maximum Gasteiger partial charge on any atom is 0.248 e. The van der Waals surface area contributed by atoms with Crippen molar-refractivity contribution < 1.29 is 22.7 Å². The summed E-state index contributed by atoms with van der Waals surface area (Å²) in [6, 6.07) is 5.19. The molecule has 1 fully saturated rings. The van der Waals surface area contributed by atoms with Gasteiger partial charge in [0.2, 0.25) is 15.9 Å². The highest BCUT2D eigenvalue weighted by Crippen LogP contribution is 2.29. The summed E-state index contributed by atoms with van der Waals surface area (Å²) in [5.74, 6) is -0.0627. The van der Waals surface area contributed by atoms with Crippen LogP contribution in [0.4, 0.5) is 0 Å². The fourth-order valence-corrected chi connectivity index (χ4v) is 5.59. The van der Waals surface area contributed by atoms with E-state index in [1.807, 2.05) is 19.9 Å². The molecule has 1 aromatic carbocycles. The second kappa shape index (κ2) is 8.90. The first-order valence-corrected chi connectivity index (χ1v) is 11.3. The van der Waals surface area contributed by atoms with Gasteiger partial charge in [0.25, 0.3) is 0 Å². The van der Waals surface area contributed by atoms with Crippen LogP contribution in [-0.2, 0) is 37.3 Å². The van der Waals surface area contributed by atoms with Gasteiger partial charge in [0.15, 0.2) is 0 Å². The number of ether oxygens (including phenoxy) is 2. The minimum absolute atomic E-state index is 0.00159. The molecular weight excluding hydrogens is 380 g/mol. The Morgan fingerprint density at radius 3 is 2.75 bits per heavy atom. The van der Waals surface area contributed by atoms with E-state index in [0.29, 0.717) is 31.1 Å². The highest BCUT2D eigenvalue weighted by Gasteiger charge is 2.35. The van der Waals surface area contributed by atoms with E-state index in [-0.39, 0.29) is 24.7 Å². The number of fused-ring (bicyclic) bond motifs is 1. The lowest BCUT2D eigenvalue weighted by Gasteiger charge is -2.30. The van der Waals surface area contributed by atoms with Crippen molar-refractivity contribution in [1.29, 1.82) is 0 Å². The van der Waals surface area contributed by atoms with E-state index in [9.17, 15) is 13.2 Å². The van der Waals surface area contributed by atoms with E-state index < -0.39 is 10.0 Å². The van der Waals surface area contributed by atoms with Crippen molar-refractivity contribution in [1.82, 2.24) is 9.21 Å². The largest absolute Gasteiger partial charge is 0.383 e. The number of carbonyl (C=O) groups is 1. The van der Waals surface area contributed by atoms with Crippen LogP contribution in [0, 0.1) is 0 Å². The Morgan fingerprint density at radius 2 is 2.04 bits per heavy atom. The Balaban J connectivity index is 1.78. The number of hydrogen-bond donors (Lipinski definition) is 0. The number of carbonyl (C=O) groups excluding carboxylic acids is 1. The first kappa shape index (κ1) is 21.2. The van der Waals surface area contributed by atoms with Gasteiger partial charge >= 0.3 is 0 Å². The number of hydrogen-bond acceptors (Lipinski definition) is 5. The molecule has 0 unspecified atom stereocenters. The number of nitrogens with zero attached hydrogens (tertiary/aromatic N) is 2. The van der Waals surface area contributed by atoms with Gasteiger partial charge in [-0.15, -0.1) is 0 Å². The van der Waals surface area contributed by atoms with Gasteiger partial charge in [-0.2, -0.15) is 4.31 Å². The summed E-state index contributed by atoms with van der Waals surface area (Å²) in [5.41, 5.74) is 2.00. The van der Waals surface area contributed by atoms with E-state index in [1.165, 1.54) is 0 Å². The normalized spacial score (nSPS) is 20.6. The van der Waals surface area contributed by atoms with Gasteiger partial charge in [0, 0.05) is 32.8 Å². The second-order valence-corrected chi connectivity index (χ2v) is 9.61. The standard InChI is InChI=1S/C20H30N2O5S/c1-15(2)27-14-20(23)21-10-8-16-6-7-19(11-17(16)12-21)28(24,25)22-9-4-5-18(22)13-26-3/h6-7,11,15,18H,4-5,8-10,12-14H2,1-3H3/t18-/m1/s1. The summed E-state index contributed by atoms with van der Waals surface area (Å²) in [5, 5.41) is 0. The Kier molecular flexibility index (Phi) is 6.75. The quantitative estimate of drug-likeness (QED) is 0.685. The highest BCUT2D eigenvalue weighted by molar-refractivity contribution is 7.89. The van der Waals surface area contributed by atoms with Gasteiger partial charge in [0.1, 0.15) is 6.61 Å². The summed E-state index contributed by atoms with van der Waals surface area (Å²) in [6.07, 6.45) is 2.38. The Labute approximate surface area is 167 Å². The molecule has 1 aromatic rings. The van der Waals surface area contributed by atoms with E-state index in [1.54, 1.807) is 28.4 Å². The number of rotatable bonds is 7. The minimum atomic E-state index is -3.58. The molecule has 0 saturated carbocycles. The van der Waals surface area contributed by atoms with Crippen LogP contribution in [0.25, 0.3) is 0 Å². The zero-order valence-corrected chi connectivity index (χ0v) is 17.7. The molecular formula is C20H30N2O5S. The maximum atomic E-state index is 13.2. The van der Waals surface area contributed by atoms with Gasteiger partial charge in [-0.05, 0) is 56.4 Å². The summed E-state index contributed by atoms with van der Waals surface area (Å²) < 4.78 is 38.5. The minimum Gasteiger partial charge on any atom is -0.383 e. The van der Waals surface area contributed by atoms with Crippen molar-refractivity contribution in [2.45, 2.75) is 56.7 Å². The monoisotopic (exact) mass is 410 g/mol. The second-order valence-electron chi connectivity index (χ2n) is 7.72. The van der Waals surface area contributed by atoms with Crippen molar-refractivity contribution >= 4 is 15.9 Å². The molecule has 3 rings (SSSR count). The lowest BCUT2D eigenvalue weighted by Crippen LogP contribution is -2.39. The summed E-state index contributed by atoms with van der Waals surface area (Å²) in [6.45, 7) is 5.81. The highest BCUT2D eigenvalue weighted by atomic mass is 32.2. The summed E-state index contributed by atoms with van der Waals surface area (Å²) in [7, 11) is -1.98. The van der Waals surface area contributed by atoms with Crippen LogP contribution in [-0.4, -0.2) is 69.1 Å². The lowest BCUT2D eigenvalue weighted by molar-refractivity contribution is -0.138. The molecule has 0 radical (unpaired) electrons. The predicted octanol–water partition coefficient (Wildman–Crippen LogP) is 1.80. The Bertz CT molecular complexity index is 809. The van der Waals surface area contributed by atoms with Crippen molar-refractivity contribution in [3.63, 3.8) is 0 Å². The molecule has 0 aromatic heterocycles. The third-order valence-electron chi connectivity index (χ3n) is 5.37. The summed E-state index contributed by atoms with van der Waals surface area (Å²) in [4.78, 5) is 14.4. The number of amides is 1. The van der Waals surface area contributed by atoms with Gasteiger partial charge in [-0.3, -0.25) is 4.79 Å². The third kappa shape index (κ3) is 4.56. The van der Waals surface area contributed by atoms with Crippen molar-refractivity contribution in [3.8, 4) is 0 Å². The first-order valence-electron chi connectivity index (χ1n) is 9.85. The first-order chi connectivity index (χ1) is 13.3. The van der Waals surface area contributed by atoms with Crippen LogP contribution in [0.15, 0.2) is 23.1 Å². The van der Waals surface area contributed by atoms with E-state index in [4.69, 9.17) is 9.47 Å². The number of benzene rings is 1. The molecule has 1 atom stereocenters. The molecule has 156 valence electrons. The van der Waals surface area contributed by atoms with Gasteiger partial charge in [0.05, 0.1) is 17.6 Å². The van der Waals surface area contributed by atoms with E-state index in [2.05, 4.69) is 0 Å². The molecule has 0 spiro atoms. The van der Waals surface area contributed by atoms with Crippen LogP contribution >= 0.6 is 0 Å². The number of sulfonamides is 1. The fourth-order valence-electron chi connectivity index (χ4n) is 3.86. The molecule has 2 aliphatic heterocycles. The third-order valence-corrected chi connectivity index (χ3v) is 7.32. The fraction of sp³-hybridized carbons (Fsp3) is 0.650. The molecule has 7 nitrogen and oxygen atoms in total.